The van der Waals surface area contributed by atoms with Crippen molar-refractivity contribution in [3.05, 3.63) is 65.2 Å². The van der Waals surface area contributed by atoms with E-state index in [1.165, 1.54) is 0 Å². The number of likely N-dealkylation sites (tertiary alicyclic amines) is 1. The predicted octanol–water partition coefficient (Wildman–Crippen LogP) is 2.94. The average Bonchev–Trinajstić information content (AvgIpc) is 3.17. The lowest BCUT2D eigenvalue weighted by Gasteiger charge is -2.19. The fraction of sp³-hybridized carbons (Fsp3) is 0.200. The maximum absolute atomic E-state index is 12.5. The van der Waals surface area contributed by atoms with Crippen molar-refractivity contribution in [3.63, 3.8) is 0 Å². The number of nitrogens with one attached hydrogen (secondary N) is 1. The zero-order valence-corrected chi connectivity index (χ0v) is 14.0. The van der Waals surface area contributed by atoms with E-state index in [0.717, 1.165) is 6.42 Å². The molecular formula is C20H16N4O2. The molecule has 6 heteroatoms. The smallest absolute Gasteiger partial charge is 0.255 e. The number of amides is 2. The van der Waals surface area contributed by atoms with Crippen LogP contribution in [0.25, 0.3) is 0 Å². The molecule has 6 nitrogen and oxygen atoms in total. The summed E-state index contributed by atoms with van der Waals surface area (Å²) in [5, 5.41) is 20.6. The van der Waals surface area contributed by atoms with E-state index in [9.17, 15) is 9.59 Å². The summed E-state index contributed by atoms with van der Waals surface area (Å²) < 4.78 is 0. The lowest BCUT2D eigenvalue weighted by molar-refractivity contribution is 0.0764. The molecule has 3 rings (SSSR count). The Labute approximate surface area is 151 Å². The van der Waals surface area contributed by atoms with Crippen LogP contribution >= 0.6 is 0 Å². The van der Waals surface area contributed by atoms with E-state index in [4.69, 9.17) is 10.5 Å². The Balaban J connectivity index is 1.67. The van der Waals surface area contributed by atoms with Crippen LogP contribution in [-0.4, -0.2) is 29.3 Å². The van der Waals surface area contributed by atoms with E-state index < -0.39 is 0 Å². The van der Waals surface area contributed by atoms with Gasteiger partial charge in [0.15, 0.2) is 0 Å². The number of rotatable bonds is 3. The van der Waals surface area contributed by atoms with Crippen molar-refractivity contribution in [3.8, 4) is 12.1 Å². The minimum atomic E-state index is -0.363. The van der Waals surface area contributed by atoms with Gasteiger partial charge >= 0.3 is 0 Å². The monoisotopic (exact) mass is 344 g/mol. The number of benzene rings is 2. The largest absolute Gasteiger partial charge is 0.323 e. The van der Waals surface area contributed by atoms with Gasteiger partial charge in [-0.15, -0.1) is 0 Å². The van der Waals surface area contributed by atoms with Gasteiger partial charge in [-0.2, -0.15) is 10.5 Å². The number of hydrogen-bond donors (Lipinski definition) is 1. The topological polar surface area (TPSA) is 97.0 Å². The second kappa shape index (κ2) is 7.50. The van der Waals surface area contributed by atoms with Gasteiger partial charge in [-0.3, -0.25) is 9.59 Å². The molecule has 0 saturated carbocycles. The summed E-state index contributed by atoms with van der Waals surface area (Å²) in [6.07, 6.45) is 1.55. The first-order valence-electron chi connectivity index (χ1n) is 8.24. The van der Waals surface area contributed by atoms with Crippen LogP contribution < -0.4 is 5.32 Å². The molecule has 0 radical (unpaired) electrons. The Morgan fingerprint density at radius 1 is 1.00 bits per heavy atom. The van der Waals surface area contributed by atoms with Gasteiger partial charge in [0.2, 0.25) is 0 Å². The Bertz CT molecular complexity index is 905. The highest BCUT2D eigenvalue weighted by Crippen LogP contribution is 2.20. The van der Waals surface area contributed by atoms with Gasteiger partial charge in [0.1, 0.15) is 6.04 Å². The lowest BCUT2D eigenvalue weighted by atomic mass is 10.1. The molecule has 0 spiro atoms. The first-order chi connectivity index (χ1) is 12.6. The van der Waals surface area contributed by atoms with Crippen molar-refractivity contribution < 1.29 is 9.59 Å². The number of carbonyl (C=O) groups is 2. The summed E-state index contributed by atoms with van der Waals surface area (Å²) in [7, 11) is 0. The van der Waals surface area contributed by atoms with Crippen LogP contribution in [0.15, 0.2) is 48.5 Å². The number of anilines is 1. The zero-order chi connectivity index (χ0) is 18.5. The van der Waals surface area contributed by atoms with E-state index >= 15 is 0 Å². The average molecular weight is 344 g/mol. The third-order valence-electron chi connectivity index (χ3n) is 4.33. The Kier molecular flexibility index (Phi) is 4.96. The Hall–Kier alpha value is -3.64. The van der Waals surface area contributed by atoms with Crippen LogP contribution in [0.3, 0.4) is 0 Å². The fourth-order valence-electron chi connectivity index (χ4n) is 2.91. The summed E-state index contributed by atoms with van der Waals surface area (Å²) in [6, 6.07) is 16.7. The van der Waals surface area contributed by atoms with Gasteiger partial charge in [-0.1, -0.05) is 0 Å². The van der Waals surface area contributed by atoms with Crippen molar-refractivity contribution in [2.45, 2.75) is 18.9 Å². The molecule has 1 heterocycles. The SMILES string of the molecule is N#Cc1ccc(C(=O)Nc2ccc(C(=O)N3CCC[C@H]3C#N)cc2)cc1. The molecule has 1 saturated heterocycles. The highest BCUT2D eigenvalue weighted by atomic mass is 16.2. The highest BCUT2D eigenvalue weighted by molar-refractivity contribution is 6.04. The van der Waals surface area contributed by atoms with Crippen LogP contribution in [0, 0.1) is 22.7 Å². The predicted molar refractivity (Wildman–Crippen MR) is 95.2 cm³/mol. The van der Waals surface area contributed by atoms with E-state index in [-0.39, 0.29) is 17.9 Å². The summed E-state index contributed by atoms with van der Waals surface area (Å²) in [5.74, 6) is -0.461. The van der Waals surface area contributed by atoms with E-state index in [1.54, 1.807) is 53.4 Å². The molecule has 2 aromatic rings. The van der Waals surface area contributed by atoms with Crippen molar-refractivity contribution in [1.29, 1.82) is 10.5 Å². The van der Waals surface area contributed by atoms with Gasteiger partial charge in [0.05, 0.1) is 17.7 Å². The molecule has 0 bridgehead atoms. The summed E-state index contributed by atoms with van der Waals surface area (Å²) in [6.45, 7) is 0.592. The molecule has 26 heavy (non-hydrogen) atoms. The highest BCUT2D eigenvalue weighted by Gasteiger charge is 2.29. The molecule has 0 aliphatic carbocycles. The van der Waals surface area contributed by atoms with Crippen molar-refractivity contribution in [1.82, 2.24) is 4.90 Å². The third-order valence-corrected chi connectivity index (χ3v) is 4.33. The Morgan fingerprint density at radius 3 is 2.27 bits per heavy atom. The molecule has 1 N–H and O–H groups in total. The number of carbonyl (C=O) groups excluding carboxylic acids is 2. The van der Waals surface area contributed by atoms with Gasteiger partial charge in [-0.25, -0.2) is 0 Å². The molecule has 0 unspecified atom stereocenters. The van der Waals surface area contributed by atoms with Crippen molar-refractivity contribution >= 4 is 17.5 Å². The molecule has 1 aliphatic rings. The number of nitriles is 2. The molecule has 0 aromatic heterocycles. The molecule has 2 aromatic carbocycles. The van der Waals surface area contributed by atoms with E-state index in [1.807, 2.05) is 6.07 Å². The second-order valence-corrected chi connectivity index (χ2v) is 6.01. The second-order valence-electron chi connectivity index (χ2n) is 6.01. The Morgan fingerprint density at radius 2 is 1.65 bits per heavy atom. The van der Waals surface area contributed by atoms with Crippen LogP contribution in [0.1, 0.15) is 39.1 Å². The van der Waals surface area contributed by atoms with Crippen LogP contribution in [0.2, 0.25) is 0 Å². The van der Waals surface area contributed by atoms with E-state index in [2.05, 4.69) is 11.4 Å². The zero-order valence-electron chi connectivity index (χ0n) is 14.0. The first-order valence-corrected chi connectivity index (χ1v) is 8.24. The molecule has 1 aliphatic heterocycles. The maximum atomic E-state index is 12.5. The van der Waals surface area contributed by atoms with Gasteiger partial charge in [0, 0.05) is 23.4 Å². The van der Waals surface area contributed by atoms with Crippen LogP contribution in [0.5, 0.6) is 0 Å². The normalized spacial score (nSPS) is 15.8. The molecule has 2 amide bonds. The van der Waals surface area contributed by atoms with Crippen molar-refractivity contribution in [2.75, 3.05) is 11.9 Å². The summed E-state index contributed by atoms with van der Waals surface area (Å²) >= 11 is 0. The minimum Gasteiger partial charge on any atom is -0.323 e. The van der Waals surface area contributed by atoms with Crippen LogP contribution in [-0.2, 0) is 0 Å². The van der Waals surface area contributed by atoms with Gasteiger partial charge in [0.25, 0.3) is 11.8 Å². The van der Waals surface area contributed by atoms with E-state index in [0.29, 0.717) is 35.3 Å². The molecular weight excluding hydrogens is 328 g/mol. The minimum absolute atomic E-state index is 0.168. The van der Waals surface area contributed by atoms with Crippen molar-refractivity contribution in [2.24, 2.45) is 0 Å². The first kappa shape index (κ1) is 17.2. The lowest BCUT2D eigenvalue weighted by Crippen LogP contribution is -2.34. The summed E-state index contributed by atoms with van der Waals surface area (Å²) in [5.41, 5.74) is 1.98. The van der Waals surface area contributed by atoms with Crippen LogP contribution in [0.4, 0.5) is 5.69 Å². The number of nitrogens with zero attached hydrogens (tertiary/aromatic N) is 3. The standard InChI is InChI=1S/C20H16N4O2/c21-12-14-3-5-15(6-4-14)19(25)23-17-9-7-16(8-10-17)20(26)24-11-1-2-18(24)13-22/h3-10,18H,1-2,11H2,(H,23,25)/t18-/m0/s1. The molecule has 1 atom stereocenters. The van der Waals surface area contributed by atoms with Gasteiger partial charge in [-0.05, 0) is 61.4 Å². The maximum Gasteiger partial charge on any atom is 0.255 e. The number of hydrogen-bond acceptors (Lipinski definition) is 4. The third kappa shape index (κ3) is 3.55. The summed E-state index contributed by atoms with van der Waals surface area (Å²) in [4.78, 5) is 26.3. The fourth-order valence-corrected chi connectivity index (χ4v) is 2.91. The quantitative estimate of drug-likeness (QED) is 0.925. The molecule has 1 fully saturated rings. The van der Waals surface area contributed by atoms with Gasteiger partial charge < -0.3 is 10.2 Å². The molecule has 128 valence electrons.